The molecule has 7 nitrogen and oxygen atoms in total. The minimum atomic E-state index is 0.238. The van der Waals surface area contributed by atoms with Gasteiger partial charge < -0.3 is 9.47 Å². The van der Waals surface area contributed by atoms with E-state index in [0.29, 0.717) is 11.8 Å². The maximum Gasteiger partial charge on any atom is 0.222 e. The van der Waals surface area contributed by atoms with E-state index in [0.717, 1.165) is 31.0 Å². The van der Waals surface area contributed by atoms with E-state index in [1.54, 1.807) is 6.20 Å². The lowest BCUT2D eigenvalue weighted by molar-refractivity contribution is -0.138. The van der Waals surface area contributed by atoms with Crippen molar-refractivity contribution in [1.29, 1.82) is 0 Å². The van der Waals surface area contributed by atoms with Crippen molar-refractivity contribution in [2.24, 2.45) is 13.0 Å². The summed E-state index contributed by atoms with van der Waals surface area (Å²) in [4.78, 5) is 18.6. The molecule has 2 fully saturated rings. The highest BCUT2D eigenvalue weighted by Gasteiger charge is 2.33. The van der Waals surface area contributed by atoms with Gasteiger partial charge in [-0.05, 0) is 18.8 Å². The van der Waals surface area contributed by atoms with E-state index in [9.17, 15) is 4.79 Å². The van der Waals surface area contributed by atoms with E-state index in [4.69, 9.17) is 0 Å². The van der Waals surface area contributed by atoms with Crippen molar-refractivity contribution in [2.45, 2.75) is 44.6 Å². The lowest BCUT2D eigenvalue weighted by atomic mass is 9.86. The van der Waals surface area contributed by atoms with E-state index < -0.39 is 0 Å². The number of amides is 1. The van der Waals surface area contributed by atoms with Crippen LogP contribution in [0, 0.1) is 5.92 Å². The van der Waals surface area contributed by atoms with Crippen molar-refractivity contribution in [3.8, 4) is 11.5 Å². The minimum absolute atomic E-state index is 0.238. The summed E-state index contributed by atoms with van der Waals surface area (Å²) in [7, 11) is 1.94. The third-order valence-corrected chi connectivity index (χ3v) is 5.34. The molecule has 0 bridgehead atoms. The van der Waals surface area contributed by atoms with Crippen LogP contribution in [0.4, 0.5) is 0 Å². The molecule has 0 atom stereocenters. The molecule has 24 heavy (non-hydrogen) atoms. The topological polar surface area (TPSA) is 68.8 Å². The molecule has 2 aromatic heterocycles. The summed E-state index contributed by atoms with van der Waals surface area (Å²) in [5.41, 5.74) is 0.773. The van der Waals surface area contributed by atoms with E-state index in [-0.39, 0.29) is 6.04 Å². The van der Waals surface area contributed by atoms with Gasteiger partial charge in [-0.3, -0.25) is 4.79 Å². The minimum Gasteiger partial charge on any atom is -0.338 e. The number of imidazole rings is 1. The molecule has 0 unspecified atom stereocenters. The molecule has 2 aliphatic rings. The summed E-state index contributed by atoms with van der Waals surface area (Å²) in [6.07, 6.45) is 12.6. The fourth-order valence-electron chi connectivity index (χ4n) is 3.76. The van der Waals surface area contributed by atoms with Crippen LogP contribution >= 0.6 is 0 Å². The van der Waals surface area contributed by atoms with E-state index >= 15 is 0 Å². The third kappa shape index (κ3) is 2.95. The molecule has 128 valence electrons. The van der Waals surface area contributed by atoms with Crippen LogP contribution in [0.5, 0.6) is 0 Å². The van der Waals surface area contributed by atoms with Gasteiger partial charge >= 0.3 is 0 Å². The van der Waals surface area contributed by atoms with Gasteiger partial charge in [0.1, 0.15) is 5.69 Å². The second-order valence-electron chi connectivity index (χ2n) is 7.11. The molecule has 1 saturated heterocycles. The first kappa shape index (κ1) is 15.4. The van der Waals surface area contributed by atoms with Crippen LogP contribution in [0.2, 0.25) is 0 Å². The van der Waals surface area contributed by atoms with Crippen LogP contribution < -0.4 is 0 Å². The summed E-state index contributed by atoms with van der Waals surface area (Å²) in [6.45, 7) is 1.49. The van der Waals surface area contributed by atoms with Crippen molar-refractivity contribution < 1.29 is 4.79 Å². The van der Waals surface area contributed by atoms with Gasteiger partial charge in [0, 0.05) is 39.0 Å². The molecule has 4 rings (SSSR count). The third-order valence-electron chi connectivity index (χ3n) is 5.34. The lowest BCUT2D eigenvalue weighted by Gasteiger charge is -2.39. The molecule has 0 aromatic carbocycles. The number of carbonyl (C=O) groups is 1. The predicted octanol–water partition coefficient (Wildman–Crippen LogP) is 2.03. The summed E-state index contributed by atoms with van der Waals surface area (Å²) in [5, 5.41) is 8.43. The van der Waals surface area contributed by atoms with Crippen LogP contribution in [0.15, 0.2) is 18.6 Å². The second kappa shape index (κ2) is 6.37. The van der Waals surface area contributed by atoms with Crippen molar-refractivity contribution in [3.63, 3.8) is 0 Å². The van der Waals surface area contributed by atoms with Gasteiger partial charge in [0.05, 0.1) is 12.2 Å². The zero-order chi connectivity index (χ0) is 16.5. The number of hydrogen-bond donors (Lipinski definition) is 0. The Morgan fingerprint density at radius 1 is 1.25 bits per heavy atom. The van der Waals surface area contributed by atoms with Gasteiger partial charge in [0.25, 0.3) is 0 Å². The zero-order valence-electron chi connectivity index (χ0n) is 14.1. The lowest BCUT2D eigenvalue weighted by Crippen LogP contribution is -2.51. The highest BCUT2D eigenvalue weighted by atomic mass is 16.2. The van der Waals surface area contributed by atoms with Crippen LogP contribution in [-0.4, -0.2) is 48.4 Å². The predicted molar refractivity (Wildman–Crippen MR) is 89.0 cm³/mol. The highest BCUT2D eigenvalue weighted by molar-refractivity contribution is 5.77. The Morgan fingerprint density at radius 2 is 2.04 bits per heavy atom. The van der Waals surface area contributed by atoms with Crippen molar-refractivity contribution in [3.05, 3.63) is 18.6 Å². The van der Waals surface area contributed by atoms with Crippen molar-refractivity contribution >= 4 is 5.91 Å². The molecule has 1 aliphatic heterocycles. The Balaban J connectivity index is 1.32. The number of rotatable bonds is 4. The van der Waals surface area contributed by atoms with Gasteiger partial charge in [0.15, 0.2) is 5.82 Å². The smallest absolute Gasteiger partial charge is 0.222 e. The molecule has 3 heterocycles. The number of aromatic nitrogens is 5. The maximum atomic E-state index is 12.4. The molecule has 1 aliphatic carbocycles. The Labute approximate surface area is 141 Å². The number of carbonyl (C=O) groups excluding carboxylic acids is 1. The average molecular weight is 328 g/mol. The Morgan fingerprint density at radius 3 is 2.75 bits per heavy atom. The molecular weight excluding hydrogens is 304 g/mol. The molecule has 0 radical (unpaired) electrons. The number of aryl methyl sites for hydroxylation is 1. The molecule has 0 spiro atoms. The monoisotopic (exact) mass is 328 g/mol. The number of nitrogens with zero attached hydrogens (tertiary/aromatic N) is 6. The van der Waals surface area contributed by atoms with Gasteiger partial charge in [-0.2, -0.15) is 0 Å². The first-order valence-corrected chi connectivity index (χ1v) is 8.88. The van der Waals surface area contributed by atoms with E-state index in [1.165, 1.54) is 32.1 Å². The number of likely N-dealkylation sites (tertiary alicyclic amines) is 1. The summed E-state index contributed by atoms with van der Waals surface area (Å²) in [5.74, 6) is 1.72. The van der Waals surface area contributed by atoms with Gasteiger partial charge in [-0.25, -0.2) is 9.67 Å². The van der Waals surface area contributed by atoms with Gasteiger partial charge in [-0.15, -0.1) is 5.10 Å². The fraction of sp³-hybridized carbons (Fsp3) is 0.647. The summed E-state index contributed by atoms with van der Waals surface area (Å²) in [6, 6.07) is 0.238. The van der Waals surface area contributed by atoms with Gasteiger partial charge in [-0.1, -0.05) is 24.5 Å². The molecule has 7 heteroatoms. The van der Waals surface area contributed by atoms with Crippen molar-refractivity contribution in [1.82, 2.24) is 29.4 Å². The quantitative estimate of drug-likeness (QED) is 0.861. The standard InChI is InChI=1S/C17H24N6O/c1-21-8-7-18-17(21)15-12-23(20-19-15)14-10-22(11-14)16(24)9-13-5-3-2-4-6-13/h7-8,12-14H,2-6,9-11H2,1H3. The van der Waals surface area contributed by atoms with E-state index in [1.807, 2.05) is 33.6 Å². The molecule has 1 amide bonds. The first-order chi connectivity index (χ1) is 11.7. The summed E-state index contributed by atoms with van der Waals surface area (Å²) < 4.78 is 3.80. The van der Waals surface area contributed by atoms with E-state index in [2.05, 4.69) is 15.3 Å². The largest absolute Gasteiger partial charge is 0.338 e. The molecule has 0 N–H and O–H groups in total. The SMILES string of the molecule is Cn1ccnc1-c1cn(C2CN(C(=O)CC3CCCCC3)C2)nn1. The second-order valence-corrected chi connectivity index (χ2v) is 7.11. The summed E-state index contributed by atoms with van der Waals surface area (Å²) >= 11 is 0. The average Bonchev–Trinajstić information content (AvgIpc) is 3.16. The maximum absolute atomic E-state index is 12.4. The highest BCUT2D eigenvalue weighted by Crippen LogP contribution is 2.29. The molecule has 1 saturated carbocycles. The fourth-order valence-corrected chi connectivity index (χ4v) is 3.76. The van der Waals surface area contributed by atoms with Gasteiger partial charge in [0.2, 0.25) is 5.91 Å². The number of hydrogen-bond acceptors (Lipinski definition) is 4. The Hall–Kier alpha value is -2.18. The first-order valence-electron chi connectivity index (χ1n) is 8.88. The Kier molecular flexibility index (Phi) is 4.08. The molecular formula is C17H24N6O. The molecule has 2 aromatic rings. The normalized spacial score (nSPS) is 19.5. The van der Waals surface area contributed by atoms with Crippen LogP contribution in [0.25, 0.3) is 11.5 Å². The zero-order valence-corrected chi connectivity index (χ0v) is 14.1. The van der Waals surface area contributed by atoms with Crippen LogP contribution in [0.3, 0.4) is 0 Å². The van der Waals surface area contributed by atoms with Crippen LogP contribution in [0.1, 0.15) is 44.6 Å². The Bertz CT molecular complexity index is 708. The van der Waals surface area contributed by atoms with Crippen LogP contribution in [-0.2, 0) is 11.8 Å². The van der Waals surface area contributed by atoms with Crippen molar-refractivity contribution in [2.75, 3.05) is 13.1 Å².